The average molecular weight is 277 g/mol. The number of nitriles is 1. The molecule has 1 aliphatic carbocycles. The first-order valence-corrected chi connectivity index (χ1v) is 7.70. The molecule has 0 radical (unpaired) electrons. The van der Waals surface area contributed by atoms with Crippen LogP contribution >= 0.6 is 0 Å². The van der Waals surface area contributed by atoms with Crippen molar-refractivity contribution < 1.29 is 4.79 Å². The molecule has 1 rings (SSSR count). The van der Waals surface area contributed by atoms with Crippen LogP contribution in [-0.2, 0) is 0 Å². The fourth-order valence-corrected chi connectivity index (χ4v) is 2.65. The van der Waals surface area contributed by atoms with Gasteiger partial charge in [0.25, 0.3) is 0 Å². The third-order valence-electron chi connectivity index (χ3n) is 4.00. The topological polar surface area (TPSA) is 64.9 Å². The Hall–Kier alpha value is -1.50. The summed E-state index contributed by atoms with van der Waals surface area (Å²) in [4.78, 5) is 11.8. The van der Waals surface area contributed by atoms with Crippen molar-refractivity contribution in [3.8, 4) is 6.07 Å². The predicted molar refractivity (Wildman–Crippen MR) is 81.1 cm³/mol. The van der Waals surface area contributed by atoms with E-state index in [-0.39, 0.29) is 18.0 Å². The monoisotopic (exact) mass is 277 g/mol. The molecule has 20 heavy (non-hydrogen) atoms. The van der Waals surface area contributed by atoms with Crippen LogP contribution < -0.4 is 10.6 Å². The van der Waals surface area contributed by atoms with E-state index in [1.54, 1.807) is 0 Å². The number of rotatable bonds is 7. The van der Waals surface area contributed by atoms with Gasteiger partial charge in [0.1, 0.15) is 0 Å². The highest BCUT2D eigenvalue weighted by Gasteiger charge is 2.21. The van der Waals surface area contributed by atoms with Gasteiger partial charge in [-0.2, -0.15) is 5.26 Å². The maximum Gasteiger partial charge on any atom is 0.315 e. The van der Waals surface area contributed by atoms with E-state index >= 15 is 0 Å². The number of carbonyl (C=O) groups is 1. The average Bonchev–Trinajstić information content (AvgIpc) is 2.46. The van der Waals surface area contributed by atoms with Crippen molar-refractivity contribution in [2.45, 2.75) is 57.9 Å². The molecule has 4 heteroatoms. The fourth-order valence-electron chi connectivity index (χ4n) is 2.65. The zero-order chi connectivity index (χ0) is 14.8. The number of allylic oxidation sites excluding steroid dienone is 1. The van der Waals surface area contributed by atoms with E-state index in [4.69, 9.17) is 5.26 Å². The third-order valence-corrected chi connectivity index (χ3v) is 4.00. The lowest BCUT2D eigenvalue weighted by atomic mass is 9.83. The molecule has 1 aliphatic rings. The van der Waals surface area contributed by atoms with Crippen LogP contribution in [0.2, 0.25) is 0 Å². The van der Waals surface area contributed by atoms with Gasteiger partial charge in [-0.3, -0.25) is 0 Å². The van der Waals surface area contributed by atoms with Crippen molar-refractivity contribution in [1.82, 2.24) is 10.6 Å². The van der Waals surface area contributed by atoms with Crippen LogP contribution in [0.3, 0.4) is 0 Å². The zero-order valence-electron chi connectivity index (χ0n) is 12.5. The first-order chi connectivity index (χ1) is 9.65. The number of unbranched alkanes of at least 4 members (excludes halogenated alkanes) is 1. The van der Waals surface area contributed by atoms with Gasteiger partial charge in [-0.05, 0) is 57.8 Å². The Morgan fingerprint density at radius 2 is 2.15 bits per heavy atom. The molecule has 1 saturated carbocycles. The minimum absolute atomic E-state index is 0.0708. The van der Waals surface area contributed by atoms with E-state index in [0.29, 0.717) is 5.92 Å². The summed E-state index contributed by atoms with van der Waals surface area (Å²) in [6.07, 6.45) is 8.99. The Kier molecular flexibility index (Phi) is 7.79. The molecule has 0 aromatic carbocycles. The molecule has 0 aromatic rings. The highest BCUT2D eigenvalue weighted by Crippen LogP contribution is 2.27. The van der Waals surface area contributed by atoms with Gasteiger partial charge in [0.05, 0.1) is 6.07 Å². The van der Waals surface area contributed by atoms with Gasteiger partial charge in [0.2, 0.25) is 0 Å². The molecule has 1 atom stereocenters. The van der Waals surface area contributed by atoms with Crippen LogP contribution in [0.15, 0.2) is 12.7 Å². The summed E-state index contributed by atoms with van der Waals surface area (Å²) in [6, 6.07) is 2.46. The van der Waals surface area contributed by atoms with Gasteiger partial charge in [-0.25, -0.2) is 4.79 Å². The molecule has 1 fully saturated rings. The lowest BCUT2D eigenvalue weighted by Gasteiger charge is -2.25. The summed E-state index contributed by atoms with van der Waals surface area (Å²) in [6.45, 7) is 6.45. The second-order valence-electron chi connectivity index (χ2n) is 5.82. The Balaban J connectivity index is 2.11. The van der Waals surface area contributed by atoms with Gasteiger partial charge in [0, 0.05) is 18.5 Å². The smallest absolute Gasteiger partial charge is 0.315 e. The number of nitrogens with one attached hydrogen (secondary N) is 2. The number of amides is 2. The molecule has 0 spiro atoms. The van der Waals surface area contributed by atoms with Crippen molar-refractivity contribution in [2.24, 2.45) is 11.8 Å². The summed E-state index contributed by atoms with van der Waals surface area (Å²) >= 11 is 0. The molecule has 2 amide bonds. The minimum Gasteiger partial charge on any atom is -0.338 e. The van der Waals surface area contributed by atoms with Crippen LogP contribution in [-0.4, -0.2) is 18.6 Å². The first kappa shape index (κ1) is 16.6. The van der Waals surface area contributed by atoms with E-state index in [2.05, 4.69) is 23.3 Å². The van der Waals surface area contributed by atoms with E-state index in [1.165, 1.54) is 0 Å². The molecule has 2 N–H and O–H groups in total. The highest BCUT2D eigenvalue weighted by molar-refractivity contribution is 5.74. The van der Waals surface area contributed by atoms with Crippen molar-refractivity contribution in [1.29, 1.82) is 5.26 Å². The van der Waals surface area contributed by atoms with Crippen LogP contribution in [0.4, 0.5) is 4.79 Å². The summed E-state index contributed by atoms with van der Waals surface area (Å²) in [5.74, 6) is 0.756. The number of hydrogen-bond donors (Lipinski definition) is 2. The number of carbonyl (C=O) groups excluding carboxylic acids is 1. The number of nitrogens with zero attached hydrogens (tertiary/aromatic N) is 1. The second-order valence-corrected chi connectivity index (χ2v) is 5.82. The summed E-state index contributed by atoms with van der Waals surface area (Å²) < 4.78 is 0. The lowest BCUT2D eigenvalue weighted by Crippen LogP contribution is -2.42. The number of urea groups is 1. The standard InChI is InChI=1S/C16H27N3O/c1-3-4-5-6-13(2)19-16(20)18-12-15-9-7-14(11-17)8-10-15/h3,13-15H,1,4-10,12H2,2H3,(H2,18,19,20)/t13-,14?,15?/m0/s1. The normalized spacial score (nSPS) is 23.4. The predicted octanol–water partition coefficient (Wildman–Crippen LogP) is 3.36. The fraction of sp³-hybridized carbons (Fsp3) is 0.750. The molecule has 0 saturated heterocycles. The largest absolute Gasteiger partial charge is 0.338 e. The van der Waals surface area contributed by atoms with E-state index in [0.717, 1.165) is 51.5 Å². The molecule has 0 aromatic heterocycles. The Bertz CT molecular complexity index is 340. The maximum absolute atomic E-state index is 11.8. The molecule has 0 bridgehead atoms. The molecule has 4 nitrogen and oxygen atoms in total. The van der Waals surface area contributed by atoms with Crippen LogP contribution in [0.25, 0.3) is 0 Å². The minimum atomic E-state index is -0.0708. The van der Waals surface area contributed by atoms with Gasteiger partial charge in [-0.1, -0.05) is 6.08 Å². The summed E-state index contributed by atoms with van der Waals surface area (Å²) in [5.41, 5.74) is 0. The van der Waals surface area contributed by atoms with Crippen molar-refractivity contribution in [3.05, 3.63) is 12.7 Å². The molecular formula is C16H27N3O. The van der Waals surface area contributed by atoms with E-state index < -0.39 is 0 Å². The summed E-state index contributed by atoms with van der Waals surface area (Å²) in [7, 11) is 0. The van der Waals surface area contributed by atoms with E-state index in [1.807, 2.05) is 13.0 Å². The molecular weight excluding hydrogens is 250 g/mol. The highest BCUT2D eigenvalue weighted by atomic mass is 16.2. The van der Waals surface area contributed by atoms with Crippen LogP contribution in [0.1, 0.15) is 51.9 Å². The zero-order valence-corrected chi connectivity index (χ0v) is 12.5. The molecule has 0 heterocycles. The van der Waals surface area contributed by atoms with Crippen LogP contribution in [0, 0.1) is 23.2 Å². The Labute approximate surface area is 122 Å². The molecule has 112 valence electrons. The van der Waals surface area contributed by atoms with Gasteiger partial charge >= 0.3 is 6.03 Å². The SMILES string of the molecule is C=CCCC[C@H](C)NC(=O)NCC1CCC(C#N)CC1. The lowest BCUT2D eigenvalue weighted by molar-refractivity contribution is 0.231. The van der Waals surface area contributed by atoms with Crippen LogP contribution in [0.5, 0.6) is 0 Å². The van der Waals surface area contributed by atoms with Crippen molar-refractivity contribution in [3.63, 3.8) is 0 Å². The van der Waals surface area contributed by atoms with Gasteiger partial charge in [0.15, 0.2) is 0 Å². The molecule has 0 unspecified atom stereocenters. The van der Waals surface area contributed by atoms with E-state index in [9.17, 15) is 4.79 Å². The Morgan fingerprint density at radius 3 is 2.75 bits per heavy atom. The summed E-state index contributed by atoms with van der Waals surface area (Å²) in [5, 5.41) is 14.8. The third kappa shape index (κ3) is 6.60. The van der Waals surface area contributed by atoms with Crippen molar-refractivity contribution in [2.75, 3.05) is 6.54 Å². The maximum atomic E-state index is 11.8. The number of hydrogen-bond acceptors (Lipinski definition) is 2. The Morgan fingerprint density at radius 1 is 1.45 bits per heavy atom. The molecule has 0 aliphatic heterocycles. The van der Waals surface area contributed by atoms with Gasteiger partial charge in [-0.15, -0.1) is 6.58 Å². The van der Waals surface area contributed by atoms with Crippen molar-refractivity contribution >= 4 is 6.03 Å². The second kappa shape index (κ2) is 9.41. The first-order valence-electron chi connectivity index (χ1n) is 7.70. The van der Waals surface area contributed by atoms with Gasteiger partial charge < -0.3 is 10.6 Å². The quantitative estimate of drug-likeness (QED) is 0.553.